The summed E-state index contributed by atoms with van der Waals surface area (Å²) in [7, 11) is 0. The Hall–Kier alpha value is -4.24. The fraction of sp³-hybridized carbons (Fsp3) is 0.241. The summed E-state index contributed by atoms with van der Waals surface area (Å²) in [5.74, 6) is -0.261. The van der Waals surface area contributed by atoms with Crippen LogP contribution in [0.3, 0.4) is 0 Å². The third kappa shape index (κ3) is 5.84. The maximum atomic E-state index is 13.7. The monoisotopic (exact) mass is 532 g/mol. The van der Waals surface area contributed by atoms with Crippen molar-refractivity contribution in [3.8, 4) is 11.5 Å². The first-order valence-electron chi connectivity index (χ1n) is 12.2. The lowest BCUT2D eigenvalue weighted by Gasteiger charge is -2.21. The molecule has 1 aliphatic rings. The van der Waals surface area contributed by atoms with E-state index < -0.39 is 18.0 Å². The van der Waals surface area contributed by atoms with Gasteiger partial charge in [-0.05, 0) is 50.1 Å². The predicted octanol–water partition coefficient (Wildman–Crippen LogP) is 3.79. The van der Waals surface area contributed by atoms with E-state index in [9.17, 15) is 14.4 Å². The van der Waals surface area contributed by atoms with E-state index in [0.29, 0.717) is 44.3 Å². The number of hydrogen-bond acceptors (Lipinski definition) is 8. The molecule has 0 spiro atoms. The number of fused-ring (bicyclic) bond motifs is 1. The maximum absolute atomic E-state index is 13.7. The fourth-order valence-electron chi connectivity index (χ4n) is 4.06. The van der Waals surface area contributed by atoms with E-state index in [-0.39, 0.29) is 12.2 Å². The molecule has 0 amide bonds. The second-order valence-corrected chi connectivity index (χ2v) is 9.36. The summed E-state index contributed by atoms with van der Waals surface area (Å²) < 4.78 is 18.1. The van der Waals surface area contributed by atoms with Crippen LogP contribution in [0.25, 0.3) is 12.2 Å². The normalized spacial score (nSPS) is 15.3. The zero-order valence-electron chi connectivity index (χ0n) is 21.6. The van der Waals surface area contributed by atoms with Gasteiger partial charge in [-0.2, -0.15) is 0 Å². The number of esters is 2. The van der Waals surface area contributed by atoms with Crippen LogP contribution in [-0.4, -0.2) is 29.7 Å². The molecule has 1 aliphatic heterocycles. The van der Waals surface area contributed by atoms with E-state index in [0.717, 1.165) is 5.56 Å². The van der Waals surface area contributed by atoms with Gasteiger partial charge in [0.05, 0.1) is 35.1 Å². The van der Waals surface area contributed by atoms with Gasteiger partial charge < -0.3 is 14.2 Å². The van der Waals surface area contributed by atoms with Gasteiger partial charge in [0.25, 0.3) is 5.56 Å². The molecule has 0 aliphatic carbocycles. The average molecular weight is 533 g/mol. The minimum absolute atomic E-state index is 0.209. The first-order valence-corrected chi connectivity index (χ1v) is 13.0. The molecule has 0 unspecified atom stereocenters. The molecule has 4 rings (SSSR count). The van der Waals surface area contributed by atoms with Crippen molar-refractivity contribution in [2.24, 2.45) is 4.99 Å². The van der Waals surface area contributed by atoms with E-state index in [2.05, 4.69) is 4.99 Å². The second-order valence-electron chi connectivity index (χ2n) is 8.35. The highest BCUT2D eigenvalue weighted by Gasteiger charge is 2.30. The largest absolute Gasteiger partial charge is 0.490 e. The van der Waals surface area contributed by atoms with Gasteiger partial charge in [0, 0.05) is 6.92 Å². The number of ether oxygens (including phenoxy) is 3. The van der Waals surface area contributed by atoms with E-state index in [1.54, 1.807) is 38.1 Å². The molecule has 38 heavy (non-hydrogen) atoms. The quantitative estimate of drug-likeness (QED) is 0.324. The minimum Gasteiger partial charge on any atom is -0.490 e. The summed E-state index contributed by atoms with van der Waals surface area (Å²) in [4.78, 5) is 43.1. The fourth-order valence-corrected chi connectivity index (χ4v) is 5.11. The lowest BCUT2D eigenvalue weighted by atomic mass is 10.0. The van der Waals surface area contributed by atoms with Crippen LogP contribution >= 0.6 is 11.3 Å². The number of rotatable bonds is 8. The van der Waals surface area contributed by atoms with Gasteiger partial charge in [0.1, 0.15) is 0 Å². The Morgan fingerprint density at radius 2 is 1.82 bits per heavy atom. The molecule has 0 fully saturated rings. The number of hydrogen-bond donors (Lipinski definition) is 0. The van der Waals surface area contributed by atoms with E-state index in [1.165, 1.54) is 22.8 Å². The number of aromatic nitrogens is 1. The van der Waals surface area contributed by atoms with Crippen LogP contribution < -0.4 is 24.4 Å². The molecular weight excluding hydrogens is 504 g/mol. The van der Waals surface area contributed by atoms with Gasteiger partial charge in [-0.15, -0.1) is 0 Å². The SMILES string of the molecule is CCOC(=O)C1=C(C)N=c2s/c(=C\c3ccc(OC(C)=O)c(OCC)c3)c(=O)n2[C@H]1/C=C/c1ccccc1. The third-order valence-electron chi connectivity index (χ3n) is 5.65. The van der Waals surface area contributed by atoms with Crippen molar-refractivity contribution in [1.29, 1.82) is 0 Å². The molecule has 2 heterocycles. The Morgan fingerprint density at radius 1 is 1.05 bits per heavy atom. The Labute approximate surface area is 223 Å². The molecule has 0 N–H and O–H groups in total. The summed E-state index contributed by atoms with van der Waals surface area (Å²) in [6, 6.07) is 14.0. The molecule has 8 nitrogen and oxygen atoms in total. The van der Waals surface area contributed by atoms with Crippen LogP contribution in [0.2, 0.25) is 0 Å². The van der Waals surface area contributed by atoms with Gasteiger partial charge in [0.2, 0.25) is 0 Å². The molecule has 196 valence electrons. The number of carbonyl (C=O) groups excluding carboxylic acids is 2. The molecule has 0 bridgehead atoms. The molecule has 3 aromatic rings. The van der Waals surface area contributed by atoms with Crippen molar-refractivity contribution in [2.45, 2.75) is 33.7 Å². The Kier molecular flexibility index (Phi) is 8.38. The third-order valence-corrected chi connectivity index (χ3v) is 6.63. The van der Waals surface area contributed by atoms with Gasteiger partial charge in [-0.3, -0.25) is 14.2 Å². The van der Waals surface area contributed by atoms with Crippen LogP contribution in [0, 0.1) is 0 Å². The molecule has 2 aromatic carbocycles. The van der Waals surface area contributed by atoms with E-state index in [1.807, 2.05) is 49.4 Å². The Balaban J connectivity index is 1.83. The van der Waals surface area contributed by atoms with Crippen molar-refractivity contribution in [3.63, 3.8) is 0 Å². The highest BCUT2D eigenvalue weighted by molar-refractivity contribution is 7.07. The molecule has 1 aromatic heterocycles. The summed E-state index contributed by atoms with van der Waals surface area (Å²) >= 11 is 1.23. The number of carbonyl (C=O) groups is 2. The van der Waals surface area contributed by atoms with Crippen molar-refractivity contribution in [3.05, 3.63) is 96.7 Å². The zero-order chi connectivity index (χ0) is 27.2. The molecular formula is C29H28N2O6S. The van der Waals surface area contributed by atoms with Crippen LogP contribution in [0.1, 0.15) is 44.9 Å². The molecule has 0 saturated heterocycles. The minimum atomic E-state index is -0.682. The highest BCUT2D eigenvalue weighted by atomic mass is 32.1. The Bertz CT molecular complexity index is 1600. The van der Waals surface area contributed by atoms with Gasteiger partial charge in [-0.25, -0.2) is 9.79 Å². The van der Waals surface area contributed by atoms with Crippen LogP contribution in [-0.2, 0) is 14.3 Å². The molecule has 0 radical (unpaired) electrons. The van der Waals surface area contributed by atoms with Crippen molar-refractivity contribution in [1.82, 2.24) is 4.57 Å². The van der Waals surface area contributed by atoms with Gasteiger partial charge in [0.15, 0.2) is 16.3 Å². The van der Waals surface area contributed by atoms with Crippen LogP contribution in [0.5, 0.6) is 11.5 Å². The lowest BCUT2D eigenvalue weighted by Crippen LogP contribution is -2.38. The Morgan fingerprint density at radius 3 is 2.50 bits per heavy atom. The van der Waals surface area contributed by atoms with Crippen molar-refractivity contribution < 1.29 is 23.8 Å². The molecule has 9 heteroatoms. The summed E-state index contributed by atoms with van der Waals surface area (Å²) in [6.07, 6.45) is 5.43. The van der Waals surface area contributed by atoms with E-state index in [4.69, 9.17) is 14.2 Å². The molecule has 1 atom stereocenters. The summed E-state index contributed by atoms with van der Waals surface area (Å²) in [5, 5.41) is 0. The standard InChI is InChI=1S/C29H28N2O6S/c1-5-35-24-16-21(13-15-23(24)37-19(4)32)17-25-27(33)31-22(14-12-20-10-8-7-9-11-20)26(28(34)36-6-2)18(3)30-29(31)38-25/h7-17,22H,5-6H2,1-4H3/b14-12+,25-17-/t22-/m0/s1. The van der Waals surface area contributed by atoms with Gasteiger partial charge >= 0.3 is 11.9 Å². The average Bonchev–Trinajstić information content (AvgIpc) is 3.18. The predicted molar refractivity (Wildman–Crippen MR) is 146 cm³/mol. The highest BCUT2D eigenvalue weighted by Crippen LogP contribution is 2.29. The van der Waals surface area contributed by atoms with Crippen molar-refractivity contribution in [2.75, 3.05) is 13.2 Å². The number of benzene rings is 2. The second kappa shape index (κ2) is 11.9. The smallest absolute Gasteiger partial charge is 0.338 e. The summed E-state index contributed by atoms with van der Waals surface area (Å²) in [6.45, 7) is 7.22. The van der Waals surface area contributed by atoms with Gasteiger partial charge in [-0.1, -0.05) is 59.9 Å². The summed E-state index contributed by atoms with van der Waals surface area (Å²) in [5.41, 5.74) is 2.16. The number of nitrogens with zero attached hydrogens (tertiary/aromatic N) is 2. The molecule has 0 saturated carbocycles. The van der Waals surface area contributed by atoms with Crippen molar-refractivity contribution >= 4 is 35.4 Å². The first-order chi connectivity index (χ1) is 18.3. The number of allylic oxidation sites excluding steroid dienone is 2. The lowest BCUT2D eigenvalue weighted by molar-refractivity contribution is -0.139. The zero-order valence-corrected chi connectivity index (χ0v) is 22.4. The van der Waals surface area contributed by atoms with Crippen LogP contribution in [0.4, 0.5) is 0 Å². The van der Waals surface area contributed by atoms with E-state index >= 15 is 0 Å². The number of thiazole rings is 1. The topological polar surface area (TPSA) is 96.2 Å². The first kappa shape index (κ1) is 26.8. The maximum Gasteiger partial charge on any atom is 0.338 e. The van der Waals surface area contributed by atoms with Crippen LogP contribution in [0.15, 0.2) is 75.7 Å².